The van der Waals surface area contributed by atoms with E-state index < -0.39 is 5.60 Å². The van der Waals surface area contributed by atoms with Crippen LogP contribution in [0.4, 0.5) is 0 Å². The van der Waals surface area contributed by atoms with Gasteiger partial charge in [-0.3, -0.25) is 0 Å². The zero-order valence-corrected chi connectivity index (χ0v) is 19.9. The van der Waals surface area contributed by atoms with Crippen LogP contribution in [0.25, 0.3) is 0 Å². The van der Waals surface area contributed by atoms with Gasteiger partial charge in [0.15, 0.2) is 5.96 Å². The highest BCUT2D eigenvalue weighted by Crippen LogP contribution is 2.23. The summed E-state index contributed by atoms with van der Waals surface area (Å²) >= 11 is 1.56. The van der Waals surface area contributed by atoms with Gasteiger partial charge in [0.1, 0.15) is 23.2 Å². The molecule has 0 aliphatic rings. The van der Waals surface area contributed by atoms with Gasteiger partial charge in [-0.25, -0.2) is 4.99 Å². The van der Waals surface area contributed by atoms with E-state index in [0.717, 1.165) is 23.6 Å². The van der Waals surface area contributed by atoms with Gasteiger partial charge in [-0.15, -0.1) is 24.0 Å². The van der Waals surface area contributed by atoms with Gasteiger partial charge in [0.05, 0.1) is 20.2 Å². The second-order valence-electron chi connectivity index (χ2n) is 6.47. The maximum Gasteiger partial charge on any atom is 0.191 e. The first-order chi connectivity index (χ1) is 12.9. The van der Waals surface area contributed by atoms with Gasteiger partial charge < -0.3 is 25.2 Å². The van der Waals surface area contributed by atoms with E-state index in [1.807, 2.05) is 54.9 Å². The summed E-state index contributed by atoms with van der Waals surface area (Å²) in [5, 5.41) is 21.0. The molecule has 0 saturated carbocycles. The zero-order chi connectivity index (χ0) is 19.7. The molecule has 0 amide bonds. The molecule has 2 unspecified atom stereocenters. The quantitative estimate of drug-likeness (QED) is 0.268. The maximum absolute atomic E-state index is 10.6. The van der Waals surface area contributed by atoms with Gasteiger partial charge in [0, 0.05) is 12.6 Å². The van der Waals surface area contributed by atoms with E-state index >= 15 is 0 Å². The molecular formula is C20H30IN3O3S. The summed E-state index contributed by atoms with van der Waals surface area (Å²) in [7, 11) is 1.63. The number of aliphatic imine (C=N–C) groups is 1. The van der Waals surface area contributed by atoms with Crippen LogP contribution >= 0.6 is 35.3 Å². The molecule has 0 spiro atoms. The highest BCUT2D eigenvalue weighted by molar-refractivity contribution is 14.0. The molecule has 2 rings (SSSR count). The molecule has 0 aliphatic heterocycles. The summed E-state index contributed by atoms with van der Waals surface area (Å²) in [5.41, 5.74) is -0.118. The van der Waals surface area contributed by atoms with Crippen molar-refractivity contribution in [2.24, 2.45) is 4.99 Å². The molecule has 1 aromatic heterocycles. The van der Waals surface area contributed by atoms with Gasteiger partial charge in [-0.1, -0.05) is 6.07 Å². The number of methoxy groups -OCH3 is 1. The predicted molar refractivity (Wildman–Crippen MR) is 126 cm³/mol. The SMILES string of the molecule is CCNC(=NCC(C)(O)c1ccsc1)NCC(C)Oc1cccc(OC)c1.I. The molecule has 2 aromatic rings. The molecule has 0 saturated heterocycles. The van der Waals surface area contributed by atoms with Crippen LogP contribution in [-0.4, -0.2) is 43.9 Å². The third-order valence-corrected chi connectivity index (χ3v) is 4.65. The fourth-order valence-corrected chi connectivity index (χ4v) is 3.21. The van der Waals surface area contributed by atoms with Crippen molar-refractivity contribution < 1.29 is 14.6 Å². The van der Waals surface area contributed by atoms with E-state index in [2.05, 4.69) is 15.6 Å². The first kappa shape index (κ1) is 24.5. The number of guanidine groups is 1. The van der Waals surface area contributed by atoms with Crippen molar-refractivity contribution in [3.05, 3.63) is 46.7 Å². The van der Waals surface area contributed by atoms with Gasteiger partial charge in [0.2, 0.25) is 0 Å². The molecule has 1 aromatic carbocycles. The molecule has 0 radical (unpaired) electrons. The highest BCUT2D eigenvalue weighted by atomic mass is 127. The summed E-state index contributed by atoms with van der Waals surface area (Å²) in [6.45, 7) is 7.34. The molecule has 0 bridgehead atoms. The Morgan fingerprint density at radius 1 is 1.29 bits per heavy atom. The number of nitrogens with one attached hydrogen (secondary N) is 2. The summed E-state index contributed by atoms with van der Waals surface area (Å²) in [6.07, 6.45) is -0.0710. The lowest BCUT2D eigenvalue weighted by molar-refractivity contribution is 0.0677. The van der Waals surface area contributed by atoms with E-state index in [-0.39, 0.29) is 36.6 Å². The zero-order valence-electron chi connectivity index (χ0n) is 16.8. The number of rotatable bonds is 9. The molecule has 0 fully saturated rings. The van der Waals surface area contributed by atoms with E-state index in [9.17, 15) is 5.11 Å². The Morgan fingerprint density at radius 2 is 2.04 bits per heavy atom. The standard InChI is InChI=1S/C20H29N3O3S.HI/c1-5-21-19(23-14-20(3,24)16-9-10-27-13-16)22-12-15(2)26-18-8-6-7-17(11-18)25-4;/h6-11,13,15,24H,5,12,14H2,1-4H3,(H2,21,22,23);1H. The molecular weight excluding hydrogens is 489 g/mol. The number of hydrogen-bond acceptors (Lipinski definition) is 5. The van der Waals surface area contributed by atoms with Crippen LogP contribution in [0.15, 0.2) is 46.1 Å². The molecule has 2 atom stereocenters. The van der Waals surface area contributed by atoms with Crippen LogP contribution in [-0.2, 0) is 5.60 Å². The topological polar surface area (TPSA) is 75.1 Å². The van der Waals surface area contributed by atoms with Crippen LogP contribution in [0.5, 0.6) is 11.5 Å². The van der Waals surface area contributed by atoms with E-state index in [0.29, 0.717) is 12.5 Å². The molecule has 6 nitrogen and oxygen atoms in total. The third kappa shape index (κ3) is 7.84. The average molecular weight is 519 g/mol. The number of benzene rings is 1. The summed E-state index contributed by atoms with van der Waals surface area (Å²) in [4.78, 5) is 4.52. The van der Waals surface area contributed by atoms with Gasteiger partial charge in [-0.2, -0.15) is 11.3 Å². The van der Waals surface area contributed by atoms with E-state index in [1.165, 1.54) is 0 Å². The van der Waals surface area contributed by atoms with Crippen LogP contribution in [0.2, 0.25) is 0 Å². The summed E-state index contributed by atoms with van der Waals surface area (Å²) in [6, 6.07) is 9.45. The number of hydrogen-bond donors (Lipinski definition) is 3. The fourth-order valence-electron chi connectivity index (χ4n) is 2.43. The Labute approximate surface area is 188 Å². The van der Waals surface area contributed by atoms with Crippen LogP contribution in [0.3, 0.4) is 0 Å². The lowest BCUT2D eigenvalue weighted by atomic mass is 10.00. The normalized spacial score (nSPS) is 14.4. The van der Waals surface area contributed by atoms with Crippen molar-refractivity contribution in [3.8, 4) is 11.5 Å². The highest BCUT2D eigenvalue weighted by Gasteiger charge is 2.23. The van der Waals surface area contributed by atoms with Crippen molar-refractivity contribution in [2.75, 3.05) is 26.7 Å². The minimum atomic E-state index is -0.995. The summed E-state index contributed by atoms with van der Waals surface area (Å²) in [5.74, 6) is 2.17. The Bertz CT molecular complexity index is 723. The van der Waals surface area contributed by atoms with Gasteiger partial charge >= 0.3 is 0 Å². The fraction of sp³-hybridized carbons (Fsp3) is 0.450. The van der Waals surface area contributed by atoms with Crippen molar-refractivity contribution in [1.29, 1.82) is 0 Å². The number of aliphatic hydroxyl groups is 1. The predicted octanol–water partition coefficient (Wildman–Crippen LogP) is 3.60. The Balaban J connectivity index is 0.00000392. The number of thiophene rings is 1. The molecule has 1 heterocycles. The molecule has 28 heavy (non-hydrogen) atoms. The van der Waals surface area contributed by atoms with E-state index in [1.54, 1.807) is 25.4 Å². The van der Waals surface area contributed by atoms with Gasteiger partial charge in [-0.05, 0) is 55.3 Å². The second kappa shape index (κ2) is 12.1. The van der Waals surface area contributed by atoms with Crippen molar-refractivity contribution in [1.82, 2.24) is 10.6 Å². The summed E-state index contributed by atoms with van der Waals surface area (Å²) < 4.78 is 11.1. The first-order valence-electron chi connectivity index (χ1n) is 9.02. The Morgan fingerprint density at radius 3 is 2.68 bits per heavy atom. The van der Waals surface area contributed by atoms with Crippen molar-refractivity contribution in [2.45, 2.75) is 32.5 Å². The number of nitrogens with zero attached hydrogens (tertiary/aromatic N) is 1. The third-order valence-electron chi connectivity index (χ3n) is 3.97. The van der Waals surface area contributed by atoms with Crippen molar-refractivity contribution >= 4 is 41.3 Å². The first-order valence-corrected chi connectivity index (χ1v) is 9.97. The number of halogens is 1. The molecule has 0 aliphatic carbocycles. The molecule has 3 N–H and O–H groups in total. The smallest absolute Gasteiger partial charge is 0.191 e. The van der Waals surface area contributed by atoms with Crippen LogP contribution < -0.4 is 20.1 Å². The van der Waals surface area contributed by atoms with Crippen LogP contribution in [0.1, 0.15) is 26.3 Å². The monoisotopic (exact) mass is 519 g/mol. The van der Waals surface area contributed by atoms with E-state index in [4.69, 9.17) is 9.47 Å². The Kier molecular flexibility index (Phi) is 10.6. The lowest BCUT2D eigenvalue weighted by Gasteiger charge is -2.22. The van der Waals surface area contributed by atoms with Gasteiger partial charge in [0.25, 0.3) is 0 Å². The largest absolute Gasteiger partial charge is 0.497 e. The molecule has 156 valence electrons. The van der Waals surface area contributed by atoms with Crippen molar-refractivity contribution in [3.63, 3.8) is 0 Å². The molecule has 8 heteroatoms. The minimum absolute atomic E-state index is 0. The van der Waals surface area contributed by atoms with Crippen LogP contribution in [0, 0.1) is 0 Å². The lowest BCUT2D eigenvalue weighted by Crippen LogP contribution is -2.42. The Hall–Kier alpha value is -1.52. The second-order valence-corrected chi connectivity index (χ2v) is 7.25. The number of ether oxygens (including phenoxy) is 2. The average Bonchev–Trinajstić information content (AvgIpc) is 3.20. The maximum atomic E-state index is 10.6. The minimum Gasteiger partial charge on any atom is -0.497 e.